The smallest absolute Gasteiger partial charge is 0.315 e. The number of aryl methyl sites for hydroxylation is 2. The number of amides is 2. The van der Waals surface area contributed by atoms with E-state index in [9.17, 15) is 9.59 Å². The van der Waals surface area contributed by atoms with Crippen molar-refractivity contribution in [3.8, 4) is 17.2 Å². The van der Waals surface area contributed by atoms with Gasteiger partial charge in [-0.1, -0.05) is 54.6 Å². The maximum absolute atomic E-state index is 12.4. The summed E-state index contributed by atoms with van der Waals surface area (Å²) < 4.78 is 11.8. The summed E-state index contributed by atoms with van der Waals surface area (Å²) in [6.07, 6.45) is 1.67. The molecular weight excluding hydrogens is 494 g/mol. The Kier molecular flexibility index (Phi) is 9.72. The summed E-state index contributed by atoms with van der Waals surface area (Å²) >= 11 is 0. The van der Waals surface area contributed by atoms with Gasteiger partial charge in [0, 0.05) is 31.5 Å². The van der Waals surface area contributed by atoms with Gasteiger partial charge >= 0.3 is 12.0 Å². The number of urea groups is 1. The van der Waals surface area contributed by atoms with Crippen LogP contribution < -0.4 is 15.4 Å². The summed E-state index contributed by atoms with van der Waals surface area (Å²) in [4.78, 5) is 28.1. The molecule has 0 aliphatic rings. The molecule has 0 spiro atoms. The van der Waals surface area contributed by atoms with Crippen LogP contribution >= 0.6 is 0 Å². The number of aliphatic carboxylic acids is 1. The standard InChI is InChI=1S/C31H33N3O5/c1-22-28(34-30(39-22)25-10-6-3-7-11-25)17-19-38-27-14-12-24(13-15-29(35)36)26(20-27)21-33-31(37)32-18-16-23-8-4-2-5-9-23/h2-12,14,20H,13,15-19,21H2,1H3,(H,35,36)(H2,32,33,37). The highest BCUT2D eigenvalue weighted by atomic mass is 16.5. The normalized spacial score (nSPS) is 10.7. The number of rotatable bonds is 13. The zero-order chi connectivity index (χ0) is 27.5. The number of nitrogens with one attached hydrogen (secondary N) is 2. The average molecular weight is 528 g/mol. The van der Waals surface area contributed by atoms with Gasteiger partial charge in [-0.2, -0.15) is 0 Å². The lowest BCUT2D eigenvalue weighted by Crippen LogP contribution is -2.36. The number of nitrogens with zero attached hydrogens (tertiary/aromatic N) is 1. The summed E-state index contributed by atoms with van der Waals surface area (Å²) in [5.74, 6) is 1.11. The highest BCUT2D eigenvalue weighted by molar-refractivity contribution is 5.74. The largest absolute Gasteiger partial charge is 0.493 e. The van der Waals surface area contributed by atoms with Gasteiger partial charge in [-0.3, -0.25) is 4.79 Å². The van der Waals surface area contributed by atoms with Gasteiger partial charge in [0.2, 0.25) is 5.89 Å². The topological polar surface area (TPSA) is 114 Å². The number of ether oxygens (including phenoxy) is 1. The summed E-state index contributed by atoms with van der Waals surface area (Å²) in [6, 6.07) is 24.9. The van der Waals surface area contributed by atoms with Gasteiger partial charge in [0.15, 0.2) is 0 Å². The molecule has 8 nitrogen and oxygen atoms in total. The molecule has 0 saturated heterocycles. The molecule has 4 rings (SSSR count). The van der Waals surface area contributed by atoms with Crippen LogP contribution in [0.3, 0.4) is 0 Å². The highest BCUT2D eigenvalue weighted by Gasteiger charge is 2.13. The quantitative estimate of drug-likeness (QED) is 0.217. The molecule has 3 N–H and O–H groups in total. The number of carboxylic acids is 1. The van der Waals surface area contributed by atoms with Gasteiger partial charge in [-0.25, -0.2) is 9.78 Å². The monoisotopic (exact) mass is 527 g/mol. The van der Waals surface area contributed by atoms with E-state index < -0.39 is 5.97 Å². The minimum absolute atomic E-state index is 0.00561. The van der Waals surface area contributed by atoms with E-state index in [2.05, 4.69) is 15.6 Å². The molecule has 1 aromatic heterocycles. The molecule has 0 saturated carbocycles. The van der Waals surface area contributed by atoms with Crippen LogP contribution in [-0.2, 0) is 30.6 Å². The summed E-state index contributed by atoms with van der Waals surface area (Å²) in [6.45, 7) is 3.05. The zero-order valence-corrected chi connectivity index (χ0v) is 22.0. The van der Waals surface area contributed by atoms with Gasteiger partial charge in [0.05, 0.1) is 12.3 Å². The van der Waals surface area contributed by atoms with Crippen molar-refractivity contribution in [3.05, 3.63) is 107 Å². The molecule has 8 heteroatoms. The van der Waals surface area contributed by atoms with Gasteiger partial charge < -0.3 is 24.9 Å². The van der Waals surface area contributed by atoms with E-state index in [4.69, 9.17) is 14.3 Å². The van der Waals surface area contributed by atoms with E-state index in [1.807, 2.05) is 85.8 Å². The Morgan fingerprint density at radius 3 is 2.38 bits per heavy atom. The van der Waals surface area contributed by atoms with Gasteiger partial charge in [-0.05, 0) is 60.7 Å². The third-order valence-electron chi connectivity index (χ3n) is 6.29. The number of carboxylic acid groups (broad SMARTS) is 1. The van der Waals surface area contributed by atoms with E-state index in [-0.39, 0.29) is 19.0 Å². The summed E-state index contributed by atoms with van der Waals surface area (Å²) in [7, 11) is 0. The first-order valence-electron chi connectivity index (χ1n) is 13.0. The molecule has 0 bridgehead atoms. The Balaban J connectivity index is 1.33. The fourth-order valence-corrected chi connectivity index (χ4v) is 4.17. The molecular formula is C31H33N3O5. The Morgan fingerprint density at radius 2 is 1.64 bits per heavy atom. The van der Waals surface area contributed by atoms with Crippen molar-refractivity contribution >= 4 is 12.0 Å². The minimum Gasteiger partial charge on any atom is -0.493 e. The number of aromatic nitrogens is 1. The Bertz CT molecular complexity index is 1370. The zero-order valence-electron chi connectivity index (χ0n) is 22.0. The van der Waals surface area contributed by atoms with Crippen molar-refractivity contribution < 1.29 is 23.8 Å². The second-order valence-electron chi connectivity index (χ2n) is 9.16. The maximum atomic E-state index is 12.4. The van der Waals surface area contributed by atoms with Crippen LogP contribution in [0.25, 0.3) is 11.5 Å². The van der Waals surface area contributed by atoms with E-state index in [0.717, 1.165) is 40.1 Å². The predicted octanol–water partition coefficient (Wildman–Crippen LogP) is 5.33. The van der Waals surface area contributed by atoms with Crippen molar-refractivity contribution in [2.24, 2.45) is 0 Å². The highest BCUT2D eigenvalue weighted by Crippen LogP contribution is 2.23. The average Bonchev–Trinajstić information content (AvgIpc) is 3.32. The summed E-state index contributed by atoms with van der Waals surface area (Å²) in [5.41, 5.74) is 4.58. The van der Waals surface area contributed by atoms with Crippen LogP contribution in [-0.4, -0.2) is 35.2 Å². The molecule has 0 radical (unpaired) electrons. The van der Waals surface area contributed by atoms with E-state index in [0.29, 0.717) is 37.6 Å². The van der Waals surface area contributed by atoms with E-state index in [1.165, 1.54) is 0 Å². The first-order chi connectivity index (χ1) is 19.0. The van der Waals surface area contributed by atoms with Crippen LogP contribution in [0.4, 0.5) is 4.79 Å². The third-order valence-corrected chi connectivity index (χ3v) is 6.29. The molecule has 4 aromatic rings. The molecule has 202 valence electrons. The lowest BCUT2D eigenvalue weighted by molar-refractivity contribution is -0.136. The van der Waals surface area contributed by atoms with Crippen LogP contribution in [0.2, 0.25) is 0 Å². The van der Waals surface area contributed by atoms with E-state index >= 15 is 0 Å². The number of oxazole rings is 1. The van der Waals surface area contributed by atoms with Crippen molar-refractivity contribution in [1.29, 1.82) is 0 Å². The Morgan fingerprint density at radius 1 is 0.897 bits per heavy atom. The molecule has 0 aliphatic heterocycles. The predicted molar refractivity (Wildman–Crippen MR) is 149 cm³/mol. The van der Waals surface area contributed by atoms with Gasteiger partial charge in [0.1, 0.15) is 11.5 Å². The van der Waals surface area contributed by atoms with Crippen molar-refractivity contribution in [2.45, 2.75) is 39.2 Å². The SMILES string of the molecule is Cc1oc(-c2ccccc2)nc1CCOc1ccc(CCC(=O)O)c(CNC(=O)NCCc2ccccc2)c1. The molecule has 39 heavy (non-hydrogen) atoms. The number of carbonyl (C=O) groups excluding carboxylic acids is 1. The molecule has 0 atom stereocenters. The molecule has 0 fully saturated rings. The number of benzene rings is 3. The van der Waals surface area contributed by atoms with Crippen LogP contribution in [0.5, 0.6) is 5.75 Å². The molecule has 3 aromatic carbocycles. The maximum Gasteiger partial charge on any atom is 0.315 e. The molecule has 1 heterocycles. The lowest BCUT2D eigenvalue weighted by atomic mass is 10.0. The van der Waals surface area contributed by atoms with Crippen LogP contribution in [0.15, 0.2) is 83.3 Å². The van der Waals surface area contributed by atoms with Crippen molar-refractivity contribution in [1.82, 2.24) is 15.6 Å². The first kappa shape index (κ1) is 27.4. The van der Waals surface area contributed by atoms with Crippen molar-refractivity contribution in [2.75, 3.05) is 13.2 Å². The van der Waals surface area contributed by atoms with Gasteiger partial charge in [0.25, 0.3) is 0 Å². The molecule has 0 unspecified atom stereocenters. The summed E-state index contributed by atoms with van der Waals surface area (Å²) in [5, 5.41) is 14.9. The Hall–Kier alpha value is -4.59. The second-order valence-corrected chi connectivity index (χ2v) is 9.16. The van der Waals surface area contributed by atoms with E-state index in [1.54, 1.807) is 0 Å². The lowest BCUT2D eigenvalue weighted by Gasteiger charge is -2.14. The minimum atomic E-state index is -0.870. The van der Waals surface area contributed by atoms with Gasteiger partial charge in [-0.15, -0.1) is 0 Å². The second kappa shape index (κ2) is 13.8. The Labute approximate surface area is 228 Å². The fraction of sp³-hybridized carbons (Fsp3) is 0.258. The van der Waals surface area contributed by atoms with Crippen LogP contribution in [0, 0.1) is 6.92 Å². The first-order valence-corrected chi connectivity index (χ1v) is 13.0. The third kappa shape index (κ3) is 8.46. The fourth-order valence-electron chi connectivity index (χ4n) is 4.17. The number of carbonyl (C=O) groups is 2. The number of hydrogen-bond acceptors (Lipinski definition) is 5. The van der Waals surface area contributed by atoms with Crippen molar-refractivity contribution in [3.63, 3.8) is 0 Å². The molecule has 2 amide bonds. The van der Waals surface area contributed by atoms with Crippen LogP contribution in [0.1, 0.15) is 34.6 Å². The molecule has 0 aliphatic carbocycles. The number of hydrogen-bond donors (Lipinski definition) is 3.